The average Bonchev–Trinajstić information content (AvgIpc) is 3.01. The number of nitrogens with zero attached hydrogens (tertiary/aromatic N) is 4. The van der Waals surface area contributed by atoms with E-state index in [0.29, 0.717) is 5.69 Å². The van der Waals surface area contributed by atoms with Crippen molar-refractivity contribution in [3.63, 3.8) is 0 Å². The molecule has 2 aromatic rings. The second-order valence-electron chi connectivity index (χ2n) is 5.99. The number of fused-ring (bicyclic) bond motifs is 1. The van der Waals surface area contributed by atoms with Gasteiger partial charge in [-0.1, -0.05) is 0 Å². The zero-order valence-electron chi connectivity index (χ0n) is 12.6. The Kier molecular flexibility index (Phi) is 3.50. The van der Waals surface area contributed by atoms with Crippen molar-refractivity contribution in [1.29, 1.82) is 5.26 Å². The molecule has 2 aromatic heterocycles. The number of amides is 1. The zero-order chi connectivity index (χ0) is 15.8. The molecule has 4 heterocycles. The second kappa shape index (κ2) is 5.67. The summed E-state index contributed by atoms with van der Waals surface area (Å²) in [6.45, 7) is 3.06. The summed E-state index contributed by atoms with van der Waals surface area (Å²) in [4.78, 5) is 22.3. The molecule has 1 amide bonds. The van der Waals surface area contributed by atoms with Gasteiger partial charge in [-0.2, -0.15) is 5.26 Å². The molecule has 2 aliphatic rings. The van der Waals surface area contributed by atoms with E-state index < -0.39 is 0 Å². The summed E-state index contributed by atoms with van der Waals surface area (Å²) in [7, 11) is 0. The van der Waals surface area contributed by atoms with Crippen LogP contribution in [0.3, 0.4) is 0 Å². The molecule has 0 saturated carbocycles. The molecule has 0 aromatic carbocycles. The van der Waals surface area contributed by atoms with Gasteiger partial charge in [0.25, 0.3) is 0 Å². The number of pyridine rings is 1. The van der Waals surface area contributed by atoms with E-state index in [1.807, 2.05) is 17.0 Å². The van der Waals surface area contributed by atoms with Crippen molar-refractivity contribution in [3.8, 4) is 6.07 Å². The van der Waals surface area contributed by atoms with Crippen LogP contribution in [-0.2, 0) is 17.8 Å². The Balaban J connectivity index is 1.36. The van der Waals surface area contributed by atoms with Crippen molar-refractivity contribution in [2.75, 3.05) is 24.5 Å². The Hall–Kier alpha value is -2.39. The van der Waals surface area contributed by atoms with Gasteiger partial charge in [0.05, 0.1) is 17.8 Å². The number of rotatable bonds is 2. The largest absolute Gasteiger partial charge is 0.369 e. The van der Waals surface area contributed by atoms with Crippen molar-refractivity contribution < 1.29 is 4.79 Å². The Morgan fingerprint density at radius 2 is 2.22 bits per heavy atom. The fraction of sp³-hybridized carbons (Fsp3) is 0.353. The predicted octanol–water partition coefficient (Wildman–Crippen LogP) is 2.04. The fourth-order valence-corrected chi connectivity index (χ4v) is 4.07. The van der Waals surface area contributed by atoms with E-state index in [4.69, 9.17) is 5.26 Å². The SMILES string of the molecule is N#Cc1ccc(N2CC(C(=O)N3CCc4sccc4C3)C2)cn1. The zero-order valence-corrected chi connectivity index (χ0v) is 13.4. The summed E-state index contributed by atoms with van der Waals surface area (Å²) >= 11 is 1.79. The first-order valence-electron chi connectivity index (χ1n) is 7.70. The van der Waals surface area contributed by atoms with Gasteiger partial charge in [0.2, 0.25) is 5.91 Å². The van der Waals surface area contributed by atoms with E-state index in [-0.39, 0.29) is 11.8 Å². The normalized spacial score (nSPS) is 17.3. The van der Waals surface area contributed by atoms with Crippen LogP contribution in [0.15, 0.2) is 29.8 Å². The first-order chi connectivity index (χ1) is 11.2. The highest BCUT2D eigenvalue weighted by atomic mass is 32.1. The predicted molar refractivity (Wildman–Crippen MR) is 88.1 cm³/mol. The lowest BCUT2D eigenvalue weighted by Crippen LogP contribution is -2.55. The summed E-state index contributed by atoms with van der Waals surface area (Å²) in [6.07, 6.45) is 2.69. The van der Waals surface area contributed by atoms with Crippen LogP contribution in [0, 0.1) is 17.2 Å². The van der Waals surface area contributed by atoms with E-state index in [1.54, 1.807) is 23.6 Å². The molecule has 116 valence electrons. The number of anilines is 1. The summed E-state index contributed by atoms with van der Waals surface area (Å²) in [5.41, 5.74) is 2.70. The van der Waals surface area contributed by atoms with Crippen molar-refractivity contribution in [2.45, 2.75) is 13.0 Å². The standard InChI is InChI=1S/C17H16N4OS/c18-7-14-1-2-15(8-19-14)21-10-13(11-21)17(22)20-5-3-16-12(9-20)4-6-23-16/h1-2,4,6,8,13H,3,5,9-11H2. The Labute approximate surface area is 138 Å². The van der Waals surface area contributed by atoms with Crippen molar-refractivity contribution >= 4 is 22.9 Å². The fourth-order valence-electron chi connectivity index (χ4n) is 3.18. The molecule has 0 N–H and O–H groups in total. The lowest BCUT2D eigenvalue weighted by molar-refractivity contribution is -0.137. The Morgan fingerprint density at radius 3 is 2.96 bits per heavy atom. The summed E-state index contributed by atoms with van der Waals surface area (Å²) in [6, 6.07) is 7.76. The lowest BCUT2D eigenvalue weighted by Gasteiger charge is -2.42. The van der Waals surface area contributed by atoms with E-state index in [2.05, 4.69) is 21.3 Å². The Bertz CT molecular complexity index is 771. The highest BCUT2D eigenvalue weighted by Gasteiger charge is 2.36. The number of hydrogen-bond acceptors (Lipinski definition) is 5. The van der Waals surface area contributed by atoms with E-state index >= 15 is 0 Å². The molecular weight excluding hydrogens is 308 g/mol. The molecule has 0 atom stereocenters. The number of thiophene rings is 1. The van der Waals surface area contributed by atoms with E-state index in [1.165, 1.54) is 10.4 Å². The number of carbonyl (C=O) groups excluding carboxylic acids is 1. The topological polar surface area (TPSA) is 60.2 Å². The second-order valence-corrected chi connectivity index (χ2v) is 6.99. The van der Waals surface area contributed by atoms with Crippen LogP contribution in [0.4, 0.5) is 5.69 Å². The maximum absolute atomic E-state index is 12.6. The molecule has 4 rings (SSSR count). The summed E-state index contributed by atoms with van der Waals surface area (Å²) in [5.74, 6) is 0.338. The molecule has 2 aliphatic heterocycles. The van der Waals surface area contributed by atoms with Gasteiger partial charge in [0, 0.05) is 31.1 Å². The molecule has 5 nitrogen and oxygen atoms in total. The van der Waals surface area contributed by atoms with Gasteiger partial charge in [-0.3, -0.25) is 4.79 Å². The van der Waals surface area contributed by atoms with Gasteiger partial charge >= 0.3 is 0 Å². The third-order valence-corrected chi connectivity index (χ3v) is 5.60. The minimum Gasteiger partial charge on any atom is -0.369 e. The van der Waals surface area contributed by atoms with Crippen LogP contribution in [-0.4, -0.2) is 35.4 Å². The van der Waals surface area contributed by atoms with Crippen LogP contribution in [0.1, 0.15) is 16.1 Å². The molecule has 1 fully saturated rings. The third-order valence-electron chi connectivity index (χ3n) is 4.58. The van der Waals surface area contributed by atoms with Gasteiger partial charge < -0.3 is 9.80 Å². The van der Waals surface area contributed by atoms with Crippen molar-refractivity contribution in [3.05, 3.63) is 45.9 Å². The molecule has 0 unspecified atom stereocenters. The molecule has 0 aliphatic carbocycles. The molecule has 1 saturated heterocycles. The molecule has 0 bridgehead atoms. The number of nitriles is 1. The minimum absolute atomic E-state index is 0.0748. The van der Waals surface area contributed by atoms with Crippen LogP contribution >= 0.6 is 11.3 Å². The van der Waals surface area contributed by atoms with E-state index in [0.717, 1.165) is 38.3 Å². The van der Waals surface area contributed by atoms with Crippen LogP contribution in [0.5, 0.6) is 0 Å². The lowest BCUT2D eigenvalue weighted by atomic mass is 9.96. The van der Waals surface area contributed by atoms with Crippen LogP contribution in [0.25, 0.3) is 0 Å². The smallest absolute Gasteiger partial charge is 0.229 e. The van der Waals surface area contributed by atoms with Gasteiger partial charge in [0.1, 0.15) is 11.8 Å². The third kappa shape index (κ3) is 2.57. The maximum atomic E-state index is 12.6. The molecule has 0 radical (unpaired) electrons. The molecule has 6 heteroatoms. The molecular formula is C17H16N4OS. The number of aromatic nitrogens is 1. The Morgan fingerprint density at radius 1 is 1.35 bits per heavy atom. The summed E-state index contributed by atoms with van der Waals surface area (Å²) < 4.78 is 0. The van der Waals surface area contributed by atoms with Gasteiger partial charge in [-0.05, 0) is 35.6 Å². The van der Waals surface area contributed by atoms with Crippen LogP contribution in [0.2, 0.25) is 0 Å². The monoisotopic (exact) mass is 324 g/mol. The average molecular weight is 324 g/mol. The van der Waals surface area contributed by atoms with E-state index in [9.17, 15) is 4.79 Å². The van der Waals surface area contributed by atoms with Crippen LogP contribution < -0.4 is 4.90 Å². The van der Waals surface area contributed by atoms with Crippen molar-refractivity contribution in [1.82, 2.24) is 9.88 Å². The maximum Gasteiger partial charge on any atom is 0.229 e. The number of hydrogen-bond donors (Lipinski definition) is 0. The highest BCUT2D eigenvalue weighted by Crippen LogP contribution is 2.29. The first-order valence-corrected chi connectivity index (χ1v) is 8.57. The highest BCUT2D eigenvalue weighted by molar-refractivity contribution is 7.10. The number of carbonyl (C=O) groups is 1. The van der Waals surface area contributed by atoms with Gasteiger partial charge in [-0.25, -0.2) is 4.98 Å². The van der Waals surface area contributed by atoms with Crippen molar-refractivity contribution in [2.24, 2.45) is 5.92 Å². The summed E-state index contributed by atoms with van der Waals surface area (Å²) in [5, 5.41) is 10.9. The molecule has 23 heavy (non-hydrogen) atoms. The first kappa shape index (κ1) is 14.2. The minimum atomic E-state index is 0.0748. The van der Waals surface area contributed by atoms with Gasteiger partial charge in [-0.15, -0.1) is 11.3 Å². The quantitative estimate of drug-likeness (QED) is 0.848. The molecule has 0 spiro atoms. The van der Waals surface area contributed by atoms with Gasteiger partial charge in [0.15, 0.2) is 0 Å².